The predicted molar refractivity (Wildman–Crippen MR) is 73.6 cm³/mol. The summed E-state index contributed by atoms with van der Waals surface area (Å²) in [6.45, 7) is 10.1. The fourth-order valence-corrected chi connectivity index (χ4v) is 1.70. The van der Waals surface area contributed by atoms with Gasteiger partial charge in [-0.1, -0.05) is 13.8 Å². The van der Waals surface area contributed by atoms with Crippen LogP contribution in [0.25, 0.3) is 0 Å². The molecule has 1 aromatic carbocycles. The molecule has 102 valence electrons. The Morgan fingerprint density at radius 2 is 2.00 bits per heavy atom. The third-order valence-corrected chi connectivity index (χ3v) is 2.80. The first-order valence-electron chi connectivity index (χ1n) is 6.62. The zero-order chi connectivity index (χ0) is 13.5. The first kappa shape index (κ1) is 15.0. The Hall–Kier alpha value is -1.09. The summed E-state index contributed by atoms with van der Waals surface area (Å²) in [6, 6.07) is 4.62. The lowest BCUT2D eigenvalue weighted by Gasteiger charge is -2.17. The van der Waals surface area contributed by atoms with Gasteiger partial charge in [-0.3, -0.25) is 0 Å². The molecule has 3 heteroatoms. The van der Waals surface area contributed by atoms with Gasteiger partial charge in [-0.15, -0.1) is 0 Å². The number of ether oxygens (including phenoxy) is 1. The molecule has 0 saturated carbocycles. The maximum atomic E-state index is 12.9. The van der Waals surface area contributed by atoms with Crippen LogP contribution < -0.4 is 10.1 Å². The van der Waals surface area contributed by atoms with Gasteiger partial charge in [0.25, 0.3) is 0 Å². The van der Waals surface area contributed by atoms with E-state index < -0.39 is 0 Å². The largest absolute Gasteiger partial charge is 0.489 e. The molecule has 0 bridgehead atoms. The maximum absolute atomic E-state index is 12.9. The number of nitrogens with one attached hydrogen (secondary N) is 1. The van der Waals surface area contributed by atoms with Crippen LogP contribution >= 0.6 is 0 Å². The normalized spacial score (nSPS) is 12.8. The molecule has 0 aromatic heterocycles. The molecule has 0 spiro atoms. The maximum Gasteiger partial charge on any atom is 0.123 e. The molecule has 1 N–H and O–H groups in total. The van der Waals surface area contributed by atoms with Gasteiger partial charge in [0.05, 0.1) is 0 Å². The summed E-state index contributed by atoms with van der Waals surface area (Å²) in [7, 11) is 0. The number of halogens is 1. The quantitative estimate of drug-likeness (QED) is 0.750. The second kappa shape index (κ2) is 7.37. The molecule has 1 rings (SSSR count). The highest BCUT2D eigenvalue weighted by Crippen LogP contribution is 2.19. The first-order chi connectivity index (χ1) is 8.49. The highest BCUT2D eigenvalue weighted by molar-refractivity contribution is 5.32. The first-order valence-corrected chi connectivity index (χ1v) is 6.62. The van der Waals surface area contributed by atoms with E-state index >= 15 is 0 Å². The highest BCUT2D eigenvalue weighted by atomic mass is 19.1. The third-order valence-electron chi connectivity index (χ3n) is 2.80. The SMILES string of the molecule is Cc1cc(F)ccc1OC(C)CNCCC(C)C. The van der Waals surface area contributed by atoms with Crippen molar-refractivity contribution in [3.63, 3.8) is 0 Å². The Balaban J connectivity index is 2.33. The van der Waals surface area contributed by atoms with Crippen molar-refractivity contribution < 1.29 is 9.13 Å². The number of aryl methyl sites for hydroxylation is 1. The van der Waals surface area contributed by atoms with Crippen LogP contribution in [0, 0.1) is 18.7 Å². The van der Waals surface area contributed by atoms with E-state index in [2.05, 4.69) is 19.2 Å². The van der Waals surface area contributed by atoms with E-state index in [9.17, 15) is 4.39 Å². The molecule has 0 aliphatic heterocycles. The number of benzene rings is 1. The zero-order valence-electron chi connectivity index (χ0n) is 11.8. The van der Waals surface area contributed by atoms with Crippen LogP contribution in [0.4, 0.5) is 4.39 Å². The van der Waals surface area contributed by atoms with Crippen molar-refractivity contribution in [3.8, 4) is 5.75 Å². The van der Waals surface area contributed by atoms with Gasteiger partial charge >= 0.3 is 0 Å². The minimum absolute atomic E-state index is 0.0846. The van der Waals surface area contributed by atoms with Crippen molar-refractivity contribution in [1.82, 2.24) is 5.32 Å². The Labute approximate surface area is 110 Å². The van der Waals surface area contributed by atoms with Gasteiger partial charge < -0.3 is 10.1 Å². The van der Waals surface area contributed by atoms with E-state index in [1.54, 1.807) is 6.07 Å². The molecule has 0 fully saturated rings. The summed E-state index contributed by atoms with van der Waals surface area (Å²) in [6.07, 6.45) is 1.25. The van der Waals surface area contributed by atoms with Gasteiger partial charge in [0, 0.05) is 6.54 Å². The number of hydrogen-bond donors (Lipinski definition) is 1. The van der Waals surface area contributed by atoms with Crippen molar-refractivity contribution in [2.45, 2.75) is 40.2 Å². The molecule has 0 heterocycles. The molecule has 0 amide bonds. The van der Waals surface area contributed by atoms with Gasteiger partial charge in [0.2, 0.25) is 0 Å². The molecular weight excluding hydrogens is 229 g/mol. The molecule has 0 aliphatic rings. The molecule has 1 unspecified atom stereocenters. The average molecular weight is 253 g/mol. The standard InChI is InChI=1S/C15H24FNO/c1-11(2)7-8-17-10-13(4)18-15-6-5-14(16)9-12(15)3/h5-6,9,11,13,17H,7-8,10H2,1-4H3. The molecule has 0 radical (unpaired) electrons. The van der Waals surface area contributed by atoms with E-state index in [0.29, 0.717) is 5.92 Å². The molecule has 0 aliphatic carbocycles. The zero-order valence-corrected chi connectivity index (χ0v) is 11.8. The number of hydrogen-bond acceptors (Lipinski definition) is 2. The predicted octanol–water partition coefficient (Wildman–Crippen LogP) is 3.54. The molecule has 18 heavy (non-hydrogen) atoms. The molecule has 1 atom stereocenters. The second-order valence-corrected chi connectivity index (χ2v) is 5.22. The van der Waals surface area contributed by atoms with Crippen LogP contribution in [0.2, 0.25) is 0 Å². The Morgan fingerprint density at radius 1 is 1.28 bits per heavy atom. The van der Waals surface area contributed by atoms with Crippen molar-refractivity contribution in [2.24, 2.45) is 5.92 Å². The fourth-order valence-electron chi connectivity index (χ4n) is 1.70. The van der Waals surface area contributed by atoms with E-state index in [4.69, 9.17) is 4.74 Å². The van der Waals surface area contributed by atoms with Crippen molar-refractivity contribution >= 4 is 0 Å². The minimum Gasteiger partial charge on any atom is -0.489 e. The lowest BCUT2D eigenvalue weighted by molar-refractivity contribution is 0.215. The van der Waals surface area contributed by atoms with Crippen LogP contribution in [0.1, 0.15) is 32.8 Å². The van der Waals surface area contributed by atoms with Gasteiger partial charge in [0.15, 0.2) is 0 Å². The van der Waals surface area contributed by atoms with E-state index in [1.165, 1.54) is 18.6 Å². The average Bonchev–Trinajstić information content (AvgIpc) is 2.28. The fraction of sp³-hybridized carbons (Fsp3) is 0.600. The van der Waals surface area contributed by atoms with Crippen LogP contribution in [0.5, 0.6) is 5.75 Å². The van der Waals surface area contributed by atoms with Crippen LogP contribution in [0.15, 0.2) is 18.2 Å². The molecular formula is C15H24FNO. The van der Waals surface area contributed by atoms with Gasteiger partial charge in [-0.25, -0.2) is 4.39 Å². The summed E-state index contributed by atoms with van der Waals surface area (Å²) in [5, 5.41) is 3.37. The second-order valence-electron chi connectivity index (χ2n) is 5.22. The Bertz CT molecular complexity index is 366. The lowest BCUT2D eigenvalue weighted by atomic mass is 10.1. The van der Waals surface area contributed by atoms with E-state index in [1.807, 2.05) is 13.8 Å². The minimum atomic E-state index is -0.220. The summed E-state index contributed by atoms with van der Waals surface area (Å²) in [5.74, 6) is 1.25. The topological polar surface area (TPSA) is 21.3 Å². The monoisotopic (exact) mass is 253 g/mol. The van der Waals surface area contributed by atoms with Crippen LogP contribution in [-0.2, 0) is 0 Å². The van der Waals surface area contributed by atoms with Crippen molar-refractivity contribution in [2.75, 3.05) is 13.1 Å². The van der Waals surface area contributed by atoms with Crippen molar-refractivity contribution in [1.29, 1.82) is 0 Å². The molecule has 0 saturated heterocycles. The van der Waals surface area contributed by atoms with Crippen molar-refractivity contribution in [3.05, 3.63) is 29.6 Å². The van der Waals surface area contributed by atoms with Crippen LogP contribution in [0.3, 0.4) is 0 Å². The summed E-state index contributed by atoms with van der Waals surface area (Å²) >= 11 is 0. The Kier molecular flexibility index (Phi) is 6.13. The van der Waals surface area contributed by atoms with Gasteiger partial charge in [0.1, 0.15) is 17.7 Å². The van der Waals surface area contributed by atoms with E-state index in [0.717, 1.165) is 24.4 Å². The summed E-state index contributed by atoms with van der Waals surface area (Å²) < 4.78 is 18.7. The highest BCUT2D eigenvalue weighted by Gasteiger charge is 2.06. The summed E-state index contributed by atoms with van der Waals surface area (Å²) in [4.78, 5) is 0. The lowest BCUT2D eigenvalue weighted by Crippen LogP contribution is -2.30. The smallest absolute Gasteiger partial charge is 0.123 e. The molecule has 2 nitrogen and oxygen atoms in total. The Morgan fingerprint density at radius 3 is 2.61 bits per heavy atom. The third kappa shape index (κ3) is 5.50. The van der Waals surface area contributed by atoms with Crippen LogP contribution in [-0.4, -0.2) is 19.2 Å². The number of rotatable bonds is 7. The van der Waals surface area contributed by atoms with E-state index in [-0.39, 0.29) is 11.9 Å². The molecule has 1 aromatic rings. The summed E-state index contributed by atoms with van der Waals surface area (Å²) in [5.41, 5.74) is 0.837. The van der Waals surface area contributed by atoms with Gasteiger partial charge in [-0.2, -0.15) is 0 Å². The van der Waals surface area contributed by atoms with Gasteiger partial charge in [-0.05, 0) is 56.5 Å².